The Morgan fingerprint density at radius 3 is 2.61 bits per heavy atom. The van der Waals surface area contributed by atoms with E-state index in [2.05, 4.69) is 0 Å². The van der Waals surface area contributed by atoms with Crippen LogP contribution in [-0.4, -0.2) is 17.1 Å². The summed E-state index contributed by atoms with van der Waals surface area (Å²) in [7, 11) is 1.54. The van der Waals surface area contributed by atoms with Crippen molar-refractivity contribution in [2.45, 2.75) is 0 Å². The maximum Gasteiger partial charge on any atom is 0.311 e. The molecule has 2 aromatic rings. The standard InChI is InChI=1S/C13H11NO4/c1-18-13-5-3-2-4-10(13)9-6-7-12(15)11(8-9)14(16)17/h2-8,15H,1H3. The number of aromatic hydroxyl groups is 1. The van der Waals surface area contributed by atoms with Crippen LogP contribution in [0, 0.1) is 10.1 Å². The molecule has 0 aliphatic carbocycles. The summed E-state index contributed by atoms with van der Waals surface area (Å²) in [5.74, 6) is 0.274. The molecule has 0 atom stereocenters. The van der Waals surface area contributed by atoms with Crippen LogP contribution in [0.25, 0.3) is 11.1 Å². The summed E-state index contributed by atoms with van der Waals surface area (Å²) >= 11 is 0. The molecule has 0 aromatic heterocycles. The minimum atomic E-state index is -0.617. The van der Waals surface area contributed by atoms with Gasteiger partial charge in [-0.3, -0.25) is 10.1 Å². The number of benzene rings is 2. The maximum atomic E-state index is 10.8. The normalized spacial score (nSPS) is 10.1. The lowest BCUT2D eigenvalue weighted by Crippen LogP contribution is -1.91. The van der Waals surface area contributed by atoms with E-state index in [4.69, 9.17) is 4.74 Å². The van der Waals surface area contributed by atoms with E-state index < -0.39 is 4.92 Å². The van der Waals surface area contributed by atoms with Gasteiger partial charge in [-0.2, -0.15) is 0 Å². The highest BCUT2D eigenvalue weighted by molar-refractivity contribution is 5.73. The number of nitro benzene ring substituents is 1. The van der Waals surface area contributed by atoms with Gasteiger partial charge in [0, 0.05) is 11.6 Å². The lowest BCUT2D eigenvalue weighted by Gasteiger charge is -2.08. The number of phenols is 1. The fourth-order valence-electron chi connectivity index (χ4n) is 1.72. The van der Waals surface area contributed by atoms with Crippen molar-refractivity contribution in [1.82, 2.24) is 0 Å². The van der Waals surface area contributed by atoms with Crippen molar-refractivity contribution in [3.05, 3.63) is 52.6 Å². The molecule has 5 nitrogen and oxygen atoms in total. The molecule has 0 spiro atoms. The Labute approximate surface area is 103 Å². The van der Waals surface area contributed by atoms with E-state index in [-0.39, 0.29) is 11.4 Å². The number of methoxy groups -OCH3 is 1. The molecule has 0 heterocycles. The Kier molecular flexibility index (Phi) is 3.14. The van der Waals surface area contributed by atoms with Gasteiger partial charge < -0.3 is 9.84 Å². The Morgan fingerprint density at radius 1 is 1.22 bits per heavy atom. The lowest BCUT2D eigenvalue weighted by atomic mass is 10.0. The van der Waals surface area contributed by atoms with Crippen molar-refractivity contribution in [2.75, 3.05) is 7.11 Å². The Balaban J connectivity index is 2.58. The highest BCUT2D eigenvalue weighted by Gasteiger charge is 2.15. The fourth-order valence-corrected chi connectivity index (χ4v) is 1.72. The number of nitrogens with zero attached hydrogens (tertiary/aromatic N) is 1. The van der Waals surface area contributed by atoms with Crippen molar-refractivity contribution in [3.8, 4) is 22.6 Å². The molecule has 1 N–H and O–H groups in total. The molecule has 2 rings (SSSR count). The van der Waals surface area contributed by atoms with E-state index in [1.54, 1.807) is 18.2 Å². The van der Waals surface area contributed by atoms with Gasteiger partial charge in [0.25, 0.3) is 0 Å². The fraction of sp³-hybridized carbons (Fsp3) is 0.0769. The zero-order valence-electron chi connectivity index (χ0n) is 9.66. The van der Waals surface area contributed by atoms with Crippen LogP contribution in [0.4, 0.5) is 5.69 Å². The van der Waals surface area contributed by atoms with Gasteiger partial charge in [0.2, 0.25) is 0 Å². The van der Waals surface area contributed by atoms with Gasteiger partial charge in [0.05, 0.1) is 12.0 Å². The second-order valence-electron chi connectivity index (χ2n) is 3.66. The SMILES string of the molecule is COc1ccccc1-c1ccc(O)c([N+](=O)[O-])c1. The summed E-state index contributed by atoms with van der Waals surface area (Å²) < 4.78 is 5.20. The minimum Gasteiger partial charge on any atom is -0.502 e. The quantitative estimate of drug-likeness (QED) is 0.666. The predicted molar refractivity (Wildman–Crippen MR) is 66.7 cm³/mol. The van der Waals surface area contributed by atoms with E-state index in [0.717, 1.165) is 5.56 Å². The number of rotatable bonds is 3. The highest BCUT2D eigenvalue weighted by Crippen LogP contribution is 2.35. The Bertz CT molecular complexity index is 595. The molecule has 0 aliphatic heterocycles. The molecule has 2 aromatic carbocycles. The zero-order valence-corrected chi connectivity index (χ0v) is 9.66. The summed E-state index contributed by atoms with van der Waals surface area (Å²) in [5, 5.41) is 20.2. The Hall–Kier alpha value is -2.56. The van der Waals surface area contributed by atoms with E-state index in [1.807, 2.05) is 12.1 Å². The number of ether oxygens (including phenoxy) is 1. The van der Waals surface area contributed by atoms with Gasteiger partial charge in [-0.25, -0.2) is 0 Å². The summed E-state index contributed by atoms with van der Waals surface area (Å²) in [6.07, 6.45) is 0. The van der Waals surface area contributed by atoms with Gasteiger partial charge in [-0.1, -0.05) is 24.3 Å². The molecule has 0 aliphatic rings. The van der Waals surface area contributed by atoms with Crippen molar-refractivity contribution in [1.29, 1.82) is 0 Å². The second-order valence-corrected chi connectivity index (χ2v) is 3.66. The molecule has 0 saturated heterocycles. The molecule has 0 radical (unpaired) electrons. The molecule has 0 bridgehead atoms. The second kappa shape index (κ2) is 4.75. The first-order chi connectivity index (χ1) is 8.63. The summed E-state index contributed by atoms with van der Waals surface area (Å²) in [4.78, 5) is 10.2. The molecule has 18 heavy (non-hydrogen) atoms. The monoisotopic (exact) mass is 245 g/mol. The number of hydrogen-bond acceptors (Lipinski definition) is 4. The molecule has 5 heteroatoms. The van der Waals surface area contributed by atoms with Gasteiger partial charge in [-0.15, -0.1) is 0 Å². The minimum absolute atomic E-state index is 0.321. The van der Waals surface area contributed by atoms with Crippen molar-refractivity contribution in [3.63, 3.8) is 0 Å². The Morgan fingerprint density at radius 2 is 1.94 bits per heavy atom. The first-order valence-electron chi connectivity index (χ1n) is 5.24. The van der Waals surface area contributed by atoms with Crippen molar-refractivity contribution >= 4 is 5.69 Å². The zero-order chi connectivity index (χ0) is 13.1. The topological polar surface area (TPSA) is 72.6 Å². The van der Waals surface area contributed by atoms with Gasteiger partial charge in [0.1, 0.15) is 5.75 Å². The molecule has 0 saturated carbocycles. The number of phenolic OH excluding ortho intramolecular Hbond substituents is 1. The van der Waals surface area contributed by atoms with Gasteiger partial charge in [-0.05, 0) is 17.7 Å². The molecule has 0 amide bonds. The van der Waals surface area contributed by atoms with Crippen LogP contribution >= 0.6 is 0 Å². The molecule has 0 fully saturated rings. The predicted octanol–water partition coefficient (Wildman–Crippen LogP) is 2.98. The van der Waals surface area contributed by atoms with Crippen molar-refractivity contribution in [2.24, 2.45) is 0 Å². The van der Waals surface area contributed by atoms with Crippen LogP contribution in [0.1, 0.15) is 0 Å². The number of para-hydroxylation sites is 1. The maximum absolute atomic E-state index is 10.8. The van der Waals surface area contributed by atoms with E-state index in [1.165, 1.54) is 19.2 Å². The van der Waals surface area contributed by atoms with E-state index in [9.17, 15) is 15.2 Å². The average molecular weight is 245 g/mol. The van der Waals surface area contributed by atoms with Crippen LogP contribution < -0.4 is 4.74 Å². The van der Waals surface area contributed by atoms with Crippen LogP contribution in [-0.2, 0) is 0 Å². The smallest absolute Gasteiger partial charge is 0.311 e. The molecule has 0 unspecified atom stereocenters. The van der Waals surface area contributed by atoms with E-state index in [0.29, 0.717) is 11.3 Å². The summed E-state index contributed by atoms with van der Waals surface area (Å²) in [5.41, 5.74) is 1.04. The van der Waals surface area contributed by atoms with Crippen LogP contribution in [0.2, 0.25) is 0 Å². The largest absolute Gasteiger partial charge is 0.502 e. The summed E-state index contributed by atoms with van der Waals surface area (Å²) in [6.45, 7) is 0. The number of nitro groups is 1. The van der Waals surface area contributed by atoms with Crippen molar-refractivity contribution < 1.29 is 14.8 Å². The molecular formula is C13H11NO4. The van der Waals surface area contributed by atoms with Crippen LogP contribution in [0.3, 0.4) is 0 Å². The third-order valence-corrected chi connectivity index (χ3v) is 2.59. The first-order valence-corrected chi connectivity index (χ1v) is 5.24. The first kappa shape index (κ1) is 11.9. The highest BCUT2D eigenvalue weighted by atomic mass is 16.6. The lowest BCUT2D eigenvalue weighted by molar-refractivity contribution is -0.385. The van der Waals surface area contributed by atoms with Crippen LogP contribution in [0.15, 0.2) is 42.5 Å². The van der Waals surface area contributed by atoms with Gasteiger partial charge >= 0.3 is 5.69 Å². The summed E-state index contributed by atoms with van der Waals surface area (Å²) in [6, 6.07) is 11.4. The average Bonchev–Trinajstić information content (AvgIpc) is 2.39. The third-order valence-electron chi connectivity index (χ3n) is 2.59. The molecule has 92 valence electrons. The van der Waals surface area contributed by atoms with Crippen LogP contribution in [0.5, 0.6) is 11.5 Å². The molecular weight excluding hydrogens is 234 g/mol. The number of hydrogen-bond donors (Lipinski definition) is 1. The third kappa shape index (κ3) is 2.10. The van der Waals surface area contributed by atoms with Gasteiger partial charge in [0.15, 0.2) is 5.75 Å². The van der Waals surface area contributed by atoms with E-state index >= 15 is 0 Å².